The highest BCUT2D eigenvalue weighted by molar-refractivity contribution is 7.92. The molecular weight excluding hydrogens is 444 g/mol. The van der Waals surface area contributed by atoms with Gasteiger partial charge in [0.05, 0.1) is 17.0 Å². The summed E-state index contributed by atoms with van der Waals surface area (Å²) >= 11 is 0. The molecule has 0 radical (unpaired) electrons. The third-order valence-corrected chi connectivity index (χ3v) is 5.96. The van der Waals surface area contributed by atoms with Crippen LogP contribution < -0.4 is 14.8 Å². The molecule has 3 N–H and O–H groups in total. The number of sulfonamides is 1. The standard InChI is InChI=1S/C24H24N2O6S/c1-2-14-25-24(29)18-10-13-22(32-19-11-8-17(9-12-19)15-23(27)28)21(16-18)26-33(30,31)20-6-4-3-5-7-20/h3-13,16,26H,2,14-15H2,1H3,(H,25,29)(H,27,28). The molecule has 0 saturated heterocycles. The molecule has 0 unspecified atom stereocenters. The van der Waals surface area contributed by atoms with Crippen LogP contribution in [0.1, 0.15) is 29.3 Å². The third-order valence-electron chi connectivity index (χ3n) is 4.58. The highest BCUT2D eigenvalue weighted by atomic mass is 32.2. The first-order chi connectivity index (χ1) is 15.8. The van der Waals surface area contributed by atoms with Gasteiger partial charge in [0.25, 0.3) is 15.9 Å². The molecule has 3 aromatic rings. The monoisotopic (exact) mass is 468 g/mol. The van der Waals surface area contributed by atoms with Crippen molar-refractivity contribution in [2.45, 2.75) is 24.7 Å². The number of rotatable bonds is 10. The number of carboxylic acids is 1. The van der Waals surface area contributed by atoms with Gasteiger partial charge in [0.15, 0.2) is 5.75 Å². The maximum absolute atomic E-state index is 12.9. The van der Waals surface area contributed by atoms with E-state index in [0.29, 0.717) is 17.9 Å². The van der Waals surface area contributed by atoms with Gasteiger partial charge in [-0.2, -0.15) is 0 Å². The molecule has 33 heavy (non-hydrogen) atoms. The Labute approximate surface area is 192 Å². The van der Waals surface area contributed by atoms with Gasteiger partial charge in [-0.05, 0) is 54.4 Å². The molecule has 1 amide bonds. The molecule has 172 valence electrons. The van der Waals surface area contributed by atoms with Crippen LogP contribution in [0.4, 0.5) is 5.69 Å². The fourth-order valence-corrected chi connectivity index (χ4v) is 4.04. The Morgan fingerprint density at radius 3 is 2.30 bits per heavy atom. The zero-order chi connectivity index (χ0) is 23.8. The Morgan fingerprint density at radius 1 is 0.970 bits per heavy atom. The minimum atomic E-state index is -3.93. The van der Waals surface area contributed by atoms with Crippen molar-refractivity contribution in [3.63, 3.8) is 0 Å². The molecule has 3 aromatic carbocycles. The normalized spacial score (nSPS) is 10.9. The second-order valence-corrected chi connectivity index (χ2v) is 8.88. The molecule has 0 aromatic heterocycles. The number of carbonyl (C=O) groups excluding carboxylic acids is 1. The molecule has 0 atom stereocenters. The van der Waals surface area contributed by atoms with Crippen LogP contribution in [0.15, 0.2) is 77.7 Å². The number of aliphatic carboxylic acids is 1. The third kappa shape index (κ3) is 6.56. The summed E-state index contributed by atoms with van der Waals surface area (Å²) in [5, 5.41) is 11.7. The van der Waals surface area contributed by atoms with Crippen molar-refractivity contribution in [2.24, 2.45) is 0 Å². The Hall–Kier alpha value is -3.85. The van der Waals surface area contributed by atoms with Gasteiger partial charge < -0.3 is 15.2 Å². The zero-order valence-electron chi connectivity index (χ0n) is 17.9. The number of amides is 1. The summed E-state index contributed by atoms with van der Waals surface area (Å²) in [4.78, 5) is 23.3. The number of benzene rings is 3. The molecule has 0 spiro atoms. The van der Waals surface area contributed by atoms with Crippen molar-refractivity contribution in [1.29, 1.82) is 0 Å². The topological polar surface area (TPSA) is 122 Å². The quantitative estimate of drug-likeness (QED) is 0.413. The van der Waals surface area contributed by atoms with Gasteiger partial charge >= 0.3 is 5.97 Å². The van der Waals surface area contributed by atoms with E-state index in [4.69, 9.17) is 9.84 Å². The number of nitrogens with one attached hydrogen (secondary N) is 2. The molecule has 0 fully saturated rings. The van der Waals surface area contributed by atoms with Crippen molar-refractivity contribution in [2.75, 3.05) is 11.3 Å². The molecular formula is C24H24N2O6S. The first-order valence-electron chi connectivity index (χ1n) is 10.3. The van der Waals surface area contributed by atoms with Gasteiger partial charge in [-0.15, -0.1) is 0 Å². The molecule has 0 bridgehead atoms. The molecule has 9 heteroatoms. The number of hydrogen-bond acceptors (Lipinski definition) is 5. The van der Waals surface area contributed by atoms with Crippen molar-refractivity contribution in [3.8, 4) is 11.5 Å². The molecule has 8 nitrogen and oxygen atoms in total. The Balaban J connectivity index is 1.93. The van der Waals surface area contributed by atoms with E-state index >= 15 is 0 Å². The SMILES string of the molecule is CCCNC(=O)c1ccc(Oc2ccc(CC(=O)O)cc2)c(NS(=O)(=O)c2ccccc2)c1. The predicted molar refractivity (Wildman–Crippen MR) is 124 cm³/mol. The van der Waals surface area contributed by atoms with Crippen LogP contribution in [0, 0.1) is 0 Å². The van der Waals surface area contributed by atoms with Gasteiger partial charge in [-0.25, -0.2) is 8.42 Å². The van der Waals surface area contributed by atoms with E-state index < -0.39 is 16.0 Å². The smallest absolute Gasteiger partial charge is 0.307 e. The Morgan fingerprint density at radius 2 is 1.67 bits per heavy atom. The summed E-state index contributed by atoms with van der Waals surface area (Å²) in [6, 6.07) is 18.7. The predicted octanol–water partition coefficient (Wildman–Crippen LogP) is 4.05. The van der Waals surface area contributed by atoms with E-state index in [1.54, 1.807) is 48.5 Å². The fraction of sp³-hybridized carbons (Fsp3) is 0.167. The molecule has 0 aliphatic rings. The molecule has 0 saturated carbocycles. The average molecular weight is 469 g/mol. The molecule has 0 heterocycles. The maximum Gasteiger partial charge on any atom is 0.307 e. The second kappa shape index (κ2) is 10.6. The van der Waals surface area contributed by atoms with E-state index in [1.165, 1.54) is 24.3 Å². The van der Waals surface area contributed by atoms with Gasteiger partial charge in [-0.3, -0.25) is 14.3 Å². The summed E-state index contributed by atoms with van der Waals surface area (Å²) in [5.41, 5.74) is 0.971. The van der Waals surface area contributed by atoms with E-state index in [9.17, 15) is 18.0 Å². The van der Waals surface area contributed by atoms with Crippen molar-refractivity contribution >= 4 is 27.6 Å². The van der Waals surface area contributed by atoms with E-state index in [2.05, 4.69) is 10.0 Å². The Kier molecular flexibility index (Phi) is 7.68. The van der Waals surface area contributed by atoms with Crippen molar-refractivity contribution < 1.29 is 27.9 Å². The van der Waals surface area contributed by atoms with Crippen LogP contribution in [0.3, 0.4) is 0 Å². The van der Waals surface area contributed by atoms with Crippen LogP contribution >= 0.6 is 0 Å². The first-order valence-corrected chi connectivity index (χ1v) is 11.8. The summed E-state index contributed by atoms with van der Waals surface area (Å²) in [6.45, 7) is 2.42. The van der Waals surface area contributed by atoms with Crippen LogP contribution in [0.5, 0.6) is 11.5 Å². The van der Waals surface area contributed by atoms with Crippen molar-refractivity contribution in [1.82, 2.24) is 5.32 Å². The van der Waals surface area contributed by atoms with Gasteiger partial charge in [0.1, 0.15) is 5.75 Å². The van der Waals surface area contributed by atoms with E-state index in [-0.39, 0.29) is 34.2 Å². The fourth-order valence-electron chi connectivity index (χ4n) is 2.96. The van der Waals surface area contributed by atoms with Gasteiger partial charge in [-0.1, -0.05) is 37.3 Å². The number of carboxylic acid groups (broad SMARTS) is 1. The highest BCUT2D eigenvalue weighted by Crippen LogP contribution is 2.32. The summed E-state index contributed by atoms with van der Waals surface area (Å²) < 4.78 is 34.1. The zero-order valence-corrected chi connectivity index (χ0v) is 18.8. The van der Waals surface area contributed by atoms with Crippen LogP contribution in [-0.2, 0) is 21.2 Å². The molecule has 0 aliphatic heterocycles. The summed E-state index contributed by atoms with van der Waals surface area (Å²) in [7, 11) is -3.93. The lowest BCUT2D eigenvalue weighted by Gasteiger charge is -2.15. The van der Waals surface area contributed by atoms with Crippen LogP contribution in [0.2, 0.25) is 0 Å². The summed E-state index contributed by atoms with van der Waals surface area (Å²) in [6.07, 6.45) is 0.641. The van der Waals surface area contributed by atoms with E-state index in [1.807, 2.05) is 6.92 Å². The van der Waals surface area contributed by atoms with Crippen LogP contribution in [0.25, 0.3) is 0 Å². The lowest BCUT2D eigenvalue weighted by atomic mass is 10.1. The average Bonchev–Trinajstić information content (AvgIpc) is 2.80. The van der Waals surface area contributed by atoms with Crippen molar-refractivity contribution in [3.05, 3.63) is 83.9 Å². The van der Waals surface area contributed by atoms with E-state index in [0.717, 1.165) is 6.42 Å². The molecule has 3 rings (SSSR count). The maximum atomic E-state index is 12.9. The lowest BCUT2D eigenvalue weighted by Crippen LogP contribution is -2.24. The van der Waals surface area contributed by atoms with Gasteiger partial charge in [0, 0.05) is 12.1 Å². The highest BCUT2D eigenvalue weighted by Gasteiger charge is 2.19. The molecule has 0 aliphatic carbocycles. The van der Waals surface area contributed by atoms with Crippen LogP contribution in [-0.4, -0.2) is 31.9 Å². The number of hydrogen-bond donors (Lipinski definition) is 3. The first kappa shape index (κ1) is 23.8. The second-order valence-electron chi connectivity index (χ2n) is 7.20. The number of ether oxygens (including phenoxy) is 1. The largest absolute Gasteiger partial charge is 0.481 e. The lowest BCUT2D eigenvalue weighted by molar-refractivity contribution is -0.136. The summed E-state index contributed by atoms with van der Waals surface area (Å²) in [5.74, 6) is -0.709. The Bertz CT molecular complexity index is 1230. The number of carbonyl (C=O) groups is 2. The minimum absolute atomic E-state index is 0.0646. The number of anilines is 1. The minimum Gasteiger partial charge on any atom is -0.481 e. The van der Waals surface area contributed by atoms with Gasteiger partial charge in [0.2, 0.25) is 0 Å².